The van der Waals surface area contributed by atoms with Crippen molar-refractivity contribution in [3.8, 4) is 0 Å². The minimum atomic E-state index is -5.57. The van der Waals surface area contributed by atoms with Crippen LogP contribution in [0.25, 0.3) is 11.2 Å². The zero-order valence-corrected chi connectivity index (χ0v) is 34.3. The van der Waals surface area contributed by atoms with E-state index >= 15 is 0 Å². The number of nitrogens with zero attached hydrogens (tertiary/aromatic N) is 4. The average molecular weight is 890 g/mol. The van der Waals surface area contributed by atoms with Gasteiger partial charge in [0.15, 0.2) is 17.7 Å². The molecular formula is C29H46N7O17P3S. The zero-order valence-electron chi connectivity index (χ0n) is 30.8. The third-order valence-corrected chi connectivity index (χ3v) is 11.6. The standard InChI is InChI=1S/C29H46N7O17P3S/c1-4-5-6-7-8-9-20(38)57-13-12-31-19(37)10-11-32-27(41)24(40)29(2,3)15-50-56(47,48)53-55(45,46)49-14-18-23(52-54(42,43)44)22(39)28(51-18)36-17-35-21-25(30)33-16-34-26(21)36/h6-9,16-18,22-24,28,39-40H,4-5,10-15H2,1-3H3,(H,31,37)(H,32,41)(H,45,46)(H,47,48)(H2,30,33,34)(H2,42,43,44)/t18-,22-,23-,24?,28-/m1/s1. The summed E-state index contributed by atoms with van der Waals surface area (Å²) in [5.41, 5.74) is 4.26. The van der Waals surface area contributed by atoms with Crippen LogP contribution >= 0.6 is 35.2 Å². The lowest BCUT2D eigenvalue weighted by Crippen LogP contribution is -2.46. The number of nitrogens with one attached hydrogen (secondary N) is 2. The van der Waals surface area contributed by atoms with Crippen molar-refractivity contribution >= 4 is 69.1 Å². The van der Waals surface area contributed by atoms with Crippen molar-refractivity contribution in [2.45, 2.75) is 70.7 Å². The Hall–Kier alpha value is -2.96. The van der Waals surface area contributed by atoms with Crippen LogP contribution in [0.1, 0.15) is 46.3 Å². The Morgan fingerprint density at radius 3 is 2.46 bits per heavy atom. The van der Waals surface area contributed by atoms with Crippen LogP contribution in [0.5, 0.6) is 0 Å². The summed E-state index contributed by atoms with van der Waals surface area (Å²) < 4.78 is 62.1. The summed E-state index contributed by atoms with van der Waals surface area (Å²) >= 11 is 1.01. The van der Waals surface area contributed by atoms with E-state index in [1.54, 1.807) is 12.2 Å². The van der Waals surface area contributed by atoms with Crippen LogP contribution in [0.2, 0.25) is 0 Å². The third-order valence-electron chi connectivity index (χ3n) is 7.68. The molecule has 0 saturated carbocycles. The molecule has 1 fully saturated rings. The van der Waals surface area contributed by atoms with Gasteiger partial charge >= 0.3 is 23.5 Å². The Balaban J connectivity index is 1.47. The van der Waals surface area contributed by atoms with Gasteiger partial charge in [-0.25, -0.2) is 28.6 Å². The van der Waals surface area contributed by atoms with E-state index in [9.17, 15) is 57.9 Å². The molecule has 3 heterocycles. The van der Waals surface area contributed by atoms with Crippen molar-refractivity contribution in [2.24, 2.45) is 5.41 Å². The molecule has 3 rings (SSSR count). The Bertz CT molecular complexity index is 1910. The predicted octanol–water partition coefficient (Wildman–Crippen LogP) is 0.577. The lowest BCUT2D eigenvalue weighted by atomic mass is 9.87. The number of phosphoric ester groups is 3. The average Bonchev–Trinajstić information content (AvgIpc) is 3.68. The number of rotatable bonds is 23. The molecule has 7 atom stereocenters. The second-order valence-electron chi connectivity index (χ2n) is 12.8. The van der Waals surface area contributed by atoms with Gasteiger partial charge in [-0.2, -0.15) is 4.31 Å². The van der Waals surface area contributed by atoms with Gasteiger partial charge < -0.3 is 50.9 Å². The second-order valence-corrected chi connectivity index (χ2v) is 18.1. The molecule has 3 unspecified atom stereocenters. The first-order chi connectivity index (χ1) is 26.6. The molecule has 1 aliphatic rings. The minimum absolute atomic E-state index is 0.0296. The summed E-state index contributed by atoms with van der Waals surface area (Å²) in [5.74, 6) is -1.15. The van der Waals surface area contributed by atoms with Crippen LogP contribution in [0, 0.1) is 5.41 Å². The monoisotopic (exact) mass is 889 g/mol. The fraction of sp³-hybridized carbons (Fsp3) is 0.586. The van der Waals surface area contributed by atoms with E-state index in [0.717, 1.165) is 41.8 Å². The van der Waals surface area contributed by atoms with Crippen LogP contribution in [-0.4, -0.2) is 123 Å². The molecule has 2 aromatic heterocycles. The highest BCUT2D eigenvalue weighted by atomic mass is 32.2. The number of imidazole rings is 1. The highest BCUT2D eigenvalue weighted by molar-refractivity contribution is 8.14. The SMILES string of the molecule is CCCC=CC=CC(=O)SCCNC(=O)CCNC(=O)C(O)C(C)(C)COP(=O)(O)OP(=O)(O)OC[C@H]1O[C@@H](n2cnc3c(N)ncnc32)[C@H](O)[C@@H]1OP(=O)(O)O. The molecule has 57 heavy (non-hydrogen) atoms. The van der Waals surface area contributed by atoms with Gasteiger partial charge in [0.25, 0.3) is 0 Å². The molecule has 0 bridgehead atoms. The van der Waals surface area contributed by atoms with E-state index < -0.39 is 84.6 Å². The topological polar surface area (TPSA) is 364 Å². The van der Waals surface area contributed by atoms with Gasteiger partial charge in [-0.05, 0) is 12.5 Å². The third kappa shape index (κ3) is 15.6. The van der Waals surface area contributed by atoms with Crippen LogP contribution in [0.4, 0.5) is 5.82 Å². The molecule has 0 aliphatic carbocycles. The first kappa shape index (κ1) is 48.4. The number of amides is 2. The maximum Gasteiger partial charge on any atom is 0.481 e. The van der Waals surface area contributed by atoms with Gasteiger partial charge in [0.2, 0.25) is 16.9 Å². The number of carbonyl (C=O) groups is 3. The molecule has 320 valence electrons. The van der Waals surface area contributed by atoms with Crippen LogP contribution in [-0.2, 0) is 50.7 Å². The summed E-state index contributed by atoms with van der Waals surface area (Å²) in [5, 5.41) is 26.2. The number of anilines is 1. The molecule has 1 saturated heterocycles. The number of hydrogen-bond donors (Lipinski definition) is 9. The summed E-state index contributed by atoms with van der Waals surface area (Å²) in [6.45, 7) is 2.50. The van der Waals surface area contributed by atoms with Crippen molar-refractivity contribution in [3.05, 3.63) is 37.0 Å². The second kappa shape index (κ2) is 21.3. The van der Waals surface area contributed by atoms with Gasteiger partial charge in [-0.1, -0.05) is 57.2 Å². The van der Waals surface area contributed by atoms with Crippen LogP contribution < -0.4 is 16.4 Å². The van der Waals surface area contributed by atoms with Crippen LogP contribution in [0.3, 0.4) is 0 Å². The summed E-state index contributed by atoms with van der Waals surface area (Å²) in [7, 11) is -16.4. The molecule has 2 amide bonds. The number of fused-ring (bicyclic) bond motifs is 1. The Labute approximate surface area is 330 Å². The smallest absolute Gasteiger partial charge is 0.386 e. The number of nitrogens with two attached hydrogens (primary N) is 1. The van der Waals surface area contributed by atoms with Crippen molar-refractivity contribution < 1.29 is 80.5 Å². The Morgan fingerprint density at radius 2 is 1.77 bits per heavy atom. The van der Waals surface area contributed by atoms with Crippen molar-refractivity contribution in [1.29, 1.82) is 0 Å². The van der Waals surface area contributed by atoms with Gasteiger partial charge in [-0.3, -0.25) is 32.5 Å². The predicted molar refractivity (Wildman–Crippen MR) is 200 cm³/mol. The van der Waals surface area contributed by atoms with E-state index in [4.69, 9.17) is 19.5 Å². The lowest BCUT2D eigenvalue weighted by molar-refractivity contribution is -0.137. The number of unbranched alkanes of at least 4 members (excludes halogenated alkanes) is 1. The highest BCUT2D eigenvalue weighted by Crippen LogP contribution is 2.61. The number of allylic oxidation sites excluding steroid dienone is 3. The number of phosphoric acid groups is 3. The molecule has 0 radical (unpaired) electrons. The number of aliphatic hydroxyl groups excluding tert-OH is 2. The molecule has 28 heteroatoms. The number of hydrogen-bond acceptors (Lipinski definition) is 18. The number of carbonyl (C=O) groups excluding carboxylic acids is 3. The quantitative estimate of drug-likeness (QED) is 0.0319. The van der Waals surface area contributed by atoms with E-state index in [1.165, 1.54) is 19.9 Å². The van der Waals surface area contributed by atoms with Crippen molar-refractivity contribution in [1.82, 2.24) is 30.2 Å². The fourth-order valence-electron chi connectivity index (χ4n) is 4.81. The fourth-order valence-corrected chi connectivity index (χ4v) is 8.21. The van der Waals surface area contributed by atoms with Gasteiger partial charge in [-0.15, -0.1) is 0 Å². The lowest BCUT2D eigenvalue weighted by Gasteiger charge is -2.30. The van der Waals surface area contributed by atoms with Crippen molar-refractivity contribution in [2.75, 3.05) is 37.8 Å². The first-order valence-electron chi connectivity index (χ1n) is 16.9. The molecule has 0 spiro atoms. The van der Waals surface area contributed by atoms with E-state index in [1.807, 2.05) is 13.0 Å². The maximum absolute atomic E-state index is 12.7. The summed E-state index contributed by atoms with van der Waals surface area (Å²) in [6, 6.07) is 0. The van der Waals surface area contributed by atoms with Gasteiger partial charge in [0.05, 0.1) is 19.5 Å². The molecule has 10 N–H and O–H groups in total. The number of aromatic nitrogens is 4. The minimum Gasteiger partial charge on any atom is -0.386 e. The van der Waals surface area contributed by atoms with Gasteiger partial charge in [0, 0.05) is 30.7 Å². The first-order valence-corrected chi connectivity index (χ1v) is 22.5. The Morgan fingerprint density at radius 1 is 1.07 bits per heavy atom. The Kier molecular flexibility index (Phi) is 18.1. The molecule has 0 aromatic carbocycles. The van der Waals surface area contributed by atoms with Gasteiger partial charge in [0.1, 0.15) is 36.3 Å². The molecule has 2 aromatic rings. The number of aliphatic hydroxyl groups is 2. The number of ether oxygens (including phenoxy) is 1. The van der Waals surface area contributed by atoms with Crippen molar-refractivity contribution in [3.63, 3.8) is 0 Å². The number of nitrogen functional groups attached to an aromatic ring is 1. The van der Waals surface area contributed by atoms with E-state index in [2.05, 4.69) is 34.4 Å². The molecule has 1 aliphatic heterocycles. The largest absolute Gasteiger partial charge is 0.481 e. The number of thioether (sulfide) groups is 1. The molecule has 24 nitrogen and oxygen atoms in total. The normalized spacial score (nSPS) is 21.8. The highest BCUT2D eigenvalue weighted by Gasteiger charge is 2.50. The van der Waals surface area contributed by atoms with E-state index in [-0.39, 0.29) is 41.6 Å². The summed E-state index contributed by atoms with van der Waals surface area (Å²) in [6.07, 6.45) is 1.75. The zero-order chi connectivity index (χ0) is 42.6. The summed E-state index contributed by atoms with van der Waals surface area (Å²) in [4.78, 5) is 87.4. The maximum atomic E-state index is 12.7. The molecular weight excluding hydrogens is 843 g/mol. The van der Waals surface area contributed by atoms with E-state index in [0.29, 0.717) is 5.75 Å². The van der Waals surface area contributed by atoms with Crippen LogP contribution in [0.15, 0.2) is 37.0 Å².